The van der Waals surface area contributed by atoms with Crippen LogP contribution in [-0.2, 0) is 20.9 Å². The monoisotopic (exact) mass is 524 g/mol. The van der Waals surface area contributed by atoms with Crippen molar-refractivity contribution in [2.75, 3.05) is 19.7 Å². The molecule has 202 valence electrons. The molecule has 2 N–H and O–H groups in total. The molecule has 10 nitrogen and oxygen atoms in total. The van der Waals surface area contributed by atoms with Gasteiger partial charge in [0.2, 0.25) is 17.6 Å². The number of phenolic OH excluding ortho intramolecular Hbond substituents is 1. The van der Waals surface area contributed by atoms with Gasteiger partial charge >= 0.3 is 0 Å². The summed E-state index contributed by atoms with van der Waals surface area (Å²) >= 11 is 0. The highest BCUT2D eigenvalue weighted by atomic mass is 19.1. The Morgan fingerprint density at radius 1 is 1.18 bits per heavy atom. The number of ether oxygens (including phenoxy) is 1. The van der Waals surface area contributed by atoms with Crippen LogP contribution in [0.25, 0.3) is 11.4 Å². The average Bonchev–Trinajstić information content (AvgIpc) is 3.57. The Balaban J connectivity index is 1.60. The van der Waals surface area contributed by atoms with E-state index in [4.69, 9.17) is 4.74 Å². The second-order valence-corrected chi connectivity index (χ2v) is 9.80. The molecule has 38 heavy (non-hydrogen) atoms. The van der Waals surface area contributed by atoms with Gasteiger partial charge in [0.1, 0.15) is 24.2 Å². The molecule has 11 heteroatoms. The number of benzene rings is 2. The number of rotatable bonds is 11. The Hall–Kier alpha value is -3.86. The summed E-state index contributed by atoms with van der Waals surface area (Å²) in [7, 11) is 0. The molecule has 2 aromatic carbocycles. The number of halogens is 1. The molecule has 3 aromatic rings. The van der Waals surface area contributed by atoms with Crippen LogP contribution in [0.15, 0.2) is 48.5 Å². The van der Waals surface area contributed by atoms with E-state index in [2.05, 4.69) is 34.6 Å². The zero-order chi connectivity index (χ0) is 27.1. The van der Waals surface area contributed by atoms with E-state index in [-0.39, 0.29) is 48.4 Å². The summed E-state index contributed by atoms with van der Waals surface area (Å²) in [4.78, 5) is 29.9. The zero-order valence-corrected chi connectivity index (χ0v) is 21.6. The molecule has 1 fully saturated rings. The fraction of sp³-hybridized carbons (Fsp3) is 0.444. The van der Waals surface area contributed by atoms with Gasteiger partial charge in [-0.1, -0.05) is 26.0 Å². The van der Waals surface area contributed by atoms with Gasteiger partial charge in [0.05, 0.1) is 6.10 Å². The van der Waals surface area contributed by atoms with E-state index in [1.165, 1.54) is 41.3 Å². The number of hydrogen-bond donors (Lipinski definition) is 2. The molecule has 4 rings (SSSR count). The highest BCUT2D eigenvalue weighted by molar-refractivity contribution is 5.88. The number of nitrogens with one attached hydrogen (secondary N) is 1. The van der Waals surface area contributed by atoms with Gasteiger partial charge in [0, 0.05) is 25.3 Å². The van der Waals surface area contributed by atoms with Gasteiger partial charge in [-0.05, 0) is 72.4 Å². The van der Waals surface area contributed by atoms with Crippen LogP contribution < -0.4 is 5.32 Å². The molecule has 0 bridgehead atoms. The van der Waals surface area contributed by atoms with Crippen LogP contribution in [0.3, 0.4) is 0 Å². The highest BCUT2D eigenvalue weighted by Crippen LogP contribution is 2.26. The van der Waals surface area contributed by atoms with Crippen LogP contribution in [0.1, 0.15) is 44.7 Å². The maximum atomic E-state index is 13.7. The van der Waals surface area contributed by atoms with Crippen molar-refractivity contribution < 1.29 is 23.8 Å². The molecule has 0 spiro atoms. The normalized spacial score (nSPS) is 15.9. The van der Waals surface area contributed by atoms with Gasteiger partial charge < -0.3 is 20.1 Å². The van der Waals surface area contributed by atoms with Crippen molar-refractivity contribution in [2.24, 2.45) is 5.92 Å². The number of carbonyl (C=O) groups is 2. The second-order valence-electron chi connectivity index (χ2n) is 9.80. The van der Waals surface area contributed by atoms with E-state index in [1.807, 2.05) is 0 Å². The summed E-state index contributed by atoms with van der Waals surface area (Å²) in [6.45, 7) is 5.17. The lowest BCUT2D eigenvalue weighted by atomic mass is 10.0. The Bertz CT molecular complexity index is 1210. The molecule has 2 unspecified atom stereocenters. The van der Waals surface area contributed by atoms with Gasteiger partial charge in [0.25, 0.3) is 0 Å². The second kappa shape index (κ2) is 12.6. The van der Waals surface area contributed by atoms with Crippen LogP contribution in [-0.4, -0.2) is 67.8 Å². The van der Waals surface area contributed by atoms with E-state index in [0.717, 1.165) is 24.1 Å². The van der Waals surface area contributed by atoms with E-state index < -0.39 is 6.04 Å². The summed E-state index contributed by atoms with van der Waals surface area (Å²) in [6, 6.07) is 11.0. The first kappa shape index (κ1) is 27.2. The van der Waals surface area contributed by atoms with Crippen LogP contribution in [0, 0.1) is 11.7 Å². The van der Waals surface area contributed by atoms with Crippen molar-refractivity contribution in [3.8, 4) is 17.1 Å². The zero-order valence-electron chi connectivity index (χ0n) is 21.6. The number of aromatic hydroxyl groups is 1. The third-order valence-corrected chi connectivity index (χ3v) is 6.37. The predicted molar refractivity (Wildman–Crippen MR) is 137 cm³/mol. The van der Waals surface area contributed by atoms with Crippen molar-refractivity contribution in [3.05, 3.63) is 59.9 Å². The Kier molecular flexibility index (Phi) is 9.01. The molecule has 1 aliphatic rings. The molecule has 1 aromatic heterocycles. The Morgan fingerprint density at radius 3 is 2.58 bits per heavy atom. The van der Waals surface area contributed by atoms with Crippen molar-refractivity contribution in [2.45, 2.75) is 51.8 Å². The van der Waals surface area contributed by atoms with E-state index >= 15 is 0 Å². The van der Waals surface area contributed by atoms with Crippen LogP contribution >= 0.6 is 0 Å². The van der Waals surface area contributed by atoms with Crippen molar-refractivity contribution >= 4 is 11.8 Å². The van der Waals surface area contributed by atoms with Gasteiger partial charge in [0.15, 0.2) is 0 Å². The predicted octanol–water partition coefficient (Wildman–Crippen LogP) is 3.10. The Labute approximate surface area is 220 Å². The first-order valence-electron chi connectivity index (χ1n) is 12.8. The minimum atomic E-state index is -0.945. The first-order valence-corrected chi connectivity index (χ1v) is 12.8. The number of hydrogen-bond acceptors (Lipinski definition) is 7. The van der Waals surface area contributed by atoms with Crippen molar-refractivity contribution in [3.63, 3.8) is 0 Å². The number of nitrogens with zero attached hydrogens (tertiary/aromatic N) is 5. The lowest BCUT2D eigenvalue weighted by Gasteiger charge is -2.33. The van der Waals surface area contributed by atoms with Crippen LogP contribution in [0.5, 0.6) is 5.75 Å². The minimum Gasteiger partial charge on any atom is -0.508 e. The molecule has 2 atom stereocenters. The number of aromatic nitrogens is 4. The average molecular weight is 525 g/mol. The summed E-state index contributed by atoms with van der Waals surface area (Å²) in [6.07, 6.45) is 2.24. The highest BCUT2D eigenvalue weighted by Gasteiger charge is 2.34. The van der Waals surface area contributed by atoms with Gasteiger partial charge in [-0.25, -0.2) is 4.39 Å². The molecule has 1 saturated heterocycles. The van der Waals surface area contributed by atoms with E-state index in [0.29, 0.717) is 30.2 Å². The van der Waals surface area contributed by atoms with Crippen LogP contribution in [0.2, 0.25) is 0 Å². The molecular formula is C27H33FN6O4. The topological polar surface area (TPSA) is 122 Å². The van der Waals surface area contributed by atoms with Gasteiger partial charge in [-0.3, -0.25) is 9.59 Å². The van der Waals surface area contributed by atoms with Gasteiger partial charge in [-0.2, -0.15) is 4.80 Å². The van der Waals surface area contributed by atoms with E-state index in [9.17, 15) is 19.1 Å². The van der Waals surface area contributed by atoms with Gasteiger partial charge in [-0.15, -0.1) is 10.2 Å². The molecule has 0 aliphatic carbocycles. The number of carbonyl (C=O) groups excluding carboxylic acids is 2. The largest absolute Gasteiger partial charge is 0.508 e. The number of amides is 2. The molecule has 1 aliphatic heterocycles. The summed E-state index contributed by atoms with van der Waals surface area (Å²) in [5, 5.41) is 25.1. The summed E-state index contributed by atoms with van der Waals surface area (Å²) < 4.78 is 19.1. The first-order chi connectivity index (χ1) is 18.3. The fourth-order valence-corrected chi connectivity index (χ4v) is 4.31. The standard InChI is InChI=1S/C27H33FN6O4/c1-18(2)13-14-29-27(37)25(19-7-11-22(35)12-8-19)33(16-23-4-3-15-38-23)24(36)17-34-31-26(30-32-34)20-5-9-21(28)10-6-20/h5-12,18,23,25,35H,3-4,13-17H2,1-2H3,(H,29,37). The molecule has 0 radical (unpaired) electrons. The molecule has 2 heterocycles. The van der Waals surface area contributed by atoms with Crippen LogP contribution in [0.4, 0.5) is 4.39 Å². The maximum Gasteiger partial charge on any atom is 0.247 e. The lowest BCUT2D eigenvalue weighted by molar-refractivity contribution is -0.143. The smallest absolute Gasteiger partial charge is 0.247 e. The minimum absolute atomic E-state index is 0.0601. The number of phenols is 1. The summed E-state index contributed by atoms with van der Waals surface area (Å²) in [5.41, 5.74) is 1.13. The maximum absolute atomic E-state index is 13.7. The number of tetrazole rings is 1. The fourth-order valence-electron chi connectivity index (χ4n) is 4.31. The molecular weight excluding hydrogens is 491 g/mol. The quantitative estimate of drug-likeness (QED) is 0.395. The summed E-state index contributed by atoms with van der Waals surface area (Å²) in [5.74, 6) is -0.370. The van der Waals surface area contributed by atoms with E-state index in [1.54, 1.807) is 12.1 Å². The third-order valence-electron chi connectivity index (χ3n) is 6.37. The molecule has 2 amide bonds. The Morgan fingerprint density at radius 2 is 1.92 bits per heavy atom. The lowest BCUT2D eigenvalue weighted by Crippen LogP contribution is -2.48. The van der Waals surface area contributed by atoms with Crippen molar-refractivity contribution in [1.82, 2.24) is 30.4 Å². The molecule has 0 saturated carbocycles. The third kappa shape index (κ3) is 7.12. The van der Waals surface area contributed by atoms with Crippen molar-refractivity contribution in [1.29, 1.82) is 0 Å². The SMILES string of the molecule is CC(C)CCNC(=O)C(c1ccc(O)cc1)N(CC1CCCO1)C(=O)Cn1nnc(-c2ccc(F)cc2)n1.